The standard InChI is InChI=1S/C14H27NS/c1-3-5-6-7-8-10-13(15-4-2)14-11-9-12-16-14/h3,13-15H,1,4-12H2,2H3. The lowest BCUT2D eigenvalue weighted by atomic mass is 10.0. The molecule has 1 saturated heterocycles. The fraction of sp³-hybridized carbons (Fsp3) is 0.857. The minimum absolute atomic E-state index is 0.765. The van der Waals surface area contributed by atoms with Gasteiger partial charge in [-0.1, -0.05) is 25.8 Å². The van der Waals surface area contributed by atoms with Gasteiger partial charge in [-0.05, 0) is 44.4 Å². The fourth-order valence-corrected chi connectivity index (χ4v) is 3.87. The van der Waals surface area contributed by atoms with Crippen molar-refractivity contribution in [2.45, 2.75) is 63.2 Å². The summed E-state index contributed by atoms with van der Waals surface area (Å²) in [6.07, 6.45) is 11.5. The van der Waals surface area contributed by atoms with Crippen LogP contribution in [0, 0.1) is 0 Å². The molecule has 0 amide bonds. The van der Waals surface area contributed by atoms with Crippen LogP contribution < -0.4 is 5.32 Å². The molecule has 1 aliphatic heterocycles. The summed E-state index contributed by atoms with van der Waals surface area (Å²) >= 11 is 2.18. The molecule has 2 unspecified atom stereocenters. The van der Waals surface area contributed by atoms with Crippen molar-refractivity contribution in [1.82, 2.24) is 5.32 Å². The molecule has 0 bridgehead atoms. The summed E-state index contributed by atoms with van der Waals surface area (Å²) in [6, 6.07) is 0.765. The first-order valence-electron chi connectivity index (χ1n) is 6.84. The maximum absolute atomic E-state index is 3.77. The molecular weight excluding hydrogens is 214 g/mol. The molecule has 0 saturated carbocycles. The summed E-state index contributed by atoms with van der Waals surface area (Å²) in [6.45, 7) is 7.12. The van der Waals surface area contributed by atoms with E-state index in [1.54, 1.807) is 0 Å². The molecule has 94 valence electrons. The topological polar surface area (TPSA) is 12.0 Å². The van der Waals surface area contributed by atoms with Gasteiger partial charge in [0.1, 0.15) is 0 Å². The smallest absolute Gasteiger partial charge is 0.0201 e. The van der Waals surface area contributed by atoms with Crippen molar-refractivity contribution in [3.8, 4) is 0 Å². The number of hydrogen-bond donors (Lipinski definition) is 1. The molecule has 16 heavy (non-hydrogen) atoms. The Balaban J connectivity index is 2.14. The summed E-state index contributed by atoms with van der Waals surface area (Å²) in [5, 5.41) is 4.56. The van der Waals surface area contributed by atoms with Crippen LogP contribution in [0.5, 0.6) is 0 Å². The predicted octanol–water partition coefficient (Wildman–Crippen LogP) is 4.00. The van der Waals surface area contributed by atoms with E-state index in [2.05, 4.69) is 30.6 Å². The molecule has 1 nitrogen and oxygen atoms in total. The largest absolute Gasteiger partial charge is 0.313 e. The molecule has 0 aromatic heterocycles. The van der Waals surface area contributed by atoms with Crippen molar-refractivity contribution < 1.29 is 0 Å². The maximum atomic E-state index is 3.77. The predicted molar refractivity (Wildman–Crippen MR) is 76.2 cm³/mol. The number of allylic oxidation sites excluding steroid dienone is 1. The first-order valence-corrected chi connectivity index (χ1v) is 7.89. The van der Waals surface area contributed by atoms with Gasteiger partial charge in [0, 0.05) is 11.3 Å². The third-order valence-electron chi connectivity index (χ3n) is 3.30. The van der Waals surface area contributed by atoms with E-state index >= 15 is 0 Å². The quantitative estimate of drug-likeness (QED) is 0.484. The highest BCUT2D eigenvalue weighted by molar-refractivity contribution is 8.00. The third-order valence-corrected chi connectivity index (χ3v) is 4.82. The second-order valence-electron chi connectivity index (χ2n) is 4.64. The van der Waals surface area contributed by atoms with Crippen molar-refractivity contribution >= 4 is 11.8 Å². The summed E-state index contributed by atoms with van der Waals surface area (Å²) in [5.74, 6) is 1.38. The van der Waals surface area contributed by atoms with Crippen molar-refractivity contribution in [2.75, 3.05) is 12.3 Å². The lowest BCUT2D eigenvalue weighted by Gasteiger charge is -2.23. The van der Waals surface area contributed by atoms with Gasteiger partial charge in [-0.2, -0.15) is 11.8 Å². The Labute approximate surface area is 105 Å². The van der Waals surface area contributed by atoms with Crippen molar-refractivity contribution in [1.29, 1.82) is 0 Å². The Kier molecular flexibility index (Phi) is 8.04. The van der Waals surface area contributed by atoms with Gasteiger partial charge in [0.25, 0.3) is 0 Å². The molecule has 0 aromatic carbocycles. The monoisotopic (exact) mass is 241 g/mol. The summed E-state index contributed by atoms with van der Waals surface area (Å²) in [5.41, 5.74) is 0. The van der Waals surface area contributed by atoms with Gasteiger partial charge < -0.3 is 5.32 Å². The van der Waals surface area contributed by atoms with Crippen LogP contribution in [0.25, 0.3) is 0 Å². The molecule has 2 atom stereocenters. The van der Waals surface area contributed by atoms with E-state index in [4.69, 9.17) is 0 Å². The van der Waals surface area contributed by atoms with Gasteiger partial charge in [0.15, 0.2) is 0 Å². The second-order valence-corrected chi connectivity index (χ2v) is 5.99. The van der Waals surface area contributed by atoms with Crippen LogP contribution in [-0.2, 0) is 0 Å². The van der Waals surface area contributed by atoms with Crippen LogP contribution in [0.3, 0.4) is 0 Å². The molecule has 1 rings (SSSR count). The van der Waals surface area contributed by atoms with Gasteiger partial charge in [-0.25, -0.2) is 0 Å². The van der Waals surface area contributed by atoms with Crippen LogP contribution in [-0.4, -0.2) is 23.6 Å². The zero-order chi connectivity index (χ0) is 11.6. The van der Waals surface area contributed by atoms with E-state index in [1.165, 1.54) is 50.7 Å². The van der Waals surface area contributed by atoms with E-state index in [9.17, 15) is 0 Å². The van der Waals surface area contributed by atoms with Gasteiger partial charge in [-0.15, -0.1) is 6.58 Å². The first kappa shape index (κ1) is 14.1. The van der Waals surface area contributed by atoms with Crippen LogP contribution in [0.2, 0.25) is 0 Å². The van der Waals surface area contributed by atoms with Crippen molar-refractivity contribution in [3.05, 3.63) is 12.7 Å². The number of thioether (sulfide) groups is 1. The Hall–Kier alpha value is 0.0500. The van der Waals surface area contributed by atoms with E-state index in [0.29, 0.717) is 0 Å². The van der Waals surface area contributed by atoms with E-state index in [-0.39, 0.29) is 0 Å². The van der Waals surface area contributed by atoms with Crippen LogP contribution in [0.15, 0.2) is 12.7 Å². The minimum atomic E-state index is 0.765. The lowest BCUT2D eigenvalue weighted by Crippen LogP contribution is -2.36. The zero-order valence-corrected chi connectivity index (χ0v) is 11.5. The van der Waals surface area contributed by atoms with E-state index in [0.717, 1.165) is 17.8 Å². The van der Waals surface area contributed by atoms with E-state index < -0.39 is 0 Å². The van der Waals surface area contributed by atoms with Crippen LogP contribution in [0.4, 0.5) is 0 Å². The van der Waals surface area contributed by atoms with Crippen molar-refractivity contribution in [3.63, 3.8) is 0 Å². The Morgan fingerprint density at radius 2 is 2.31 bits per heavy atom. The van der Waals surface area contributed by atoms with Gasteiger partial charge in [-0.3, -0.25) is 0 Å². The molecule has 1 aliphatic rings. The molecule has 1 fully saturated rings. The number of unbranched alkanes of at least 4 members (excludes halogenated alkanes) is 3. The Morgan fingerprint density at radius 3 is 2.94 bits per heavy atom. The molecule has 0 spiro atoms. The third kappa shape index (κ3) is 5.40. The van der Waals surface area contributed by atoms with Gasteiger partial charge >= 0.3 is 0 Å². The first-order chi connectivity index (χ1) is 7.88. The summed E-state index contributed by atoms with van der Waals surface area (Å²) in [7, 11) is 0. The number of rotatable bonds is 9. The van der Waals surface area contributed by atoms with E-state index in [1.807, 2.05) is 6.08 Å². The molecule has 0 aromatic rings. The fourth-order valence-electron chi connectivity index (χ4n) is 2.43. The molecule has 2 heteroatoms. The zero-order valence-electron chi connectivity index (χ0n) is 10.7. The highest BCUT2D eigenvalue weighted by Crippen LogP contribution is 2.30. The minimum Gasteiger partial charge on any atom is -0.313 e. The molecular formula is C14H27NS. The SMILES string of the molecule is C=CCCCCCC(NCC)C1CCCS1. The summed E-state index contributed by atoms with van der Waals surface area (Å²) in [4.78, 5) is 0. The van der Waals surface area contributed by atoms with Gasteiger partial charge in [0.05, 0.1) is 0 Å². The highest BCUT2D eigenvalue weighted by Gasteiger charge is 2.24. The normalized spacial score (nSPS) is 22.2. The number of nitrogens with one attached hydrogen (secondary N) is 1. The van der Waals surface area contributed by atoms with Crippen LogP contribution in [0.1, 0.15) is 51.9 Å². The van der Waals surface area contributed by atoms with Gasteiger partial charge in [0.2, 0.25) is 0 Å². The molecule has 1 N–H and O–H groups in total. The Bertz CT molecular complexity index is 176. The van der Waals surface area contributed by atoms with Crippen molar-refractivity contribution in [2.24, 2.45) is 0 Å². The molecule has 1 heterocycles. The lowest BCUT2D eigenvalue weighted by molar-refractivity contribution is 0.447. The number of hydrogen-bond acceptors (Lipinski definition) is 2. The average molecular weight is 241 g/mol. The maximum Gasteiger partial charge on any atom is 0.0201 e. The van der Waals surface area contributed by atoms with Crippen LogP contribution >= 0.6 is 11.8 Å². The second kappa shape index (κ2) is 9.12. The Morgan fingerprint density at radius 1 is 1.44 bits per heavy atom. The summed E-state index contributed by atoms with van der Waals surface area (Å²) < 4.78 is 0. The molecule has 0 aliphatic carbocycles. The molecule has 0 radical (unpaired) electrons. The highest BCUT2D eigenvalue weighted by atomic mass is 32.2. The average Bonchev–Trinajstić information content (AvgIpc) is 2.81.